The molecule has 1 atom stereocenters. The van der Waals surface area contributed by atoms with Crippen LogP contribution in [-0.2, 0) is 13.0 Å². The molecule has 0 spiro atoms. The van der Waals surface area contributed by atoms with Gasteiger partial charge in [0, 0.05) is 49.3 Å². The fourth-order valence-electron chi connectivity index (χ4n) is 3.62. The lowest BCUT2D eigenvalue weighted by Crippen LogP contribution is -2.49. The molecule has 5 nitrogen and oxygen atoms in total. The van der Waals surface area contributed by atoms with Crippen molar-refractivity contribution < 1.29 is 4.79 Å². The lowest BCUT2D eigenvalue weighted by molar-refractivity contribution is 0.148. The van der Waals surface area contributed by atoms with E-state index in [1.165, 1.54) is 19.3 Å². The maximum atomic E-state index is 13.0. The van der Waals surface area contributed by atoms with Gasteiger partial charge in [0.05, 0.1) is 0 Å². The van der Waals surface area contributed by atoms with Crippen LogP contribution in [0.25, 0.3) is 0 Å². The fraction of sp³-hybridized carbons (Fsp3) is 0.476. The number of amides is 2. The average Bonchev–Trinajstić information content (AvgIpc) is 2.68. The van der Waals surface area contributed by atoms with Crippen LogP contribution >= 0.6 is 0 Å². The lowest BCUT2D eigenvalue weighted by Gasteiger charge is -2.35. The average molecular weight is 352 g/mol. The fourth-order valence-corrected chi connectivity index (χ4v) is 3.62. The minimum atomic E-state index is 0.0251. The second kappa shape index (κ2) is 9.32. The minimum Gasteiger partial charge on any atom is -0.335 e. The Morgan fingerprint density at radius 3 is 2.62 bits per heavy atom. The minimum absolute atomic E-state index is 0.0251. The van der Waals surface area contributed by atoms with Gasteiger partial charge < -0.3 is 10.2 Å². The SMILES string of the molecule is C[C@@H](Cc1ccccn1)NC(=O)N(Cc1ccncc1)C1CCCCC1. The molecule has 0 aromatic carbocycles. The summed E-state index contributed by atoms with van der Waals surface area (Å²) in [5.74, 6) is 0. The van der Waals surface area contributed by atoms with Crippen LogP contribution in [0.5, 0.6) is 0 Å². The van der Waals surface area contributed by atoms with Crippen molar-refractivity contribution in [3.8, 4) is 0 Å². The highest BCUT2D eigenvalue weighted by Gasteiger charge is 2.26. The van der Waals surface area contributed by atoms with E-state index in [9.17, 15) is 4.79 Å². The van der Waals surface area contributed by atoms with E-state index in [0.29, 0.717) is 12.6 Å². The number of carbonyl (C=O) groups is 1. The molecule has 138 valence electrons. The topological polar surface area (TPSA) is 58.1 Å². The molecule has 1 N–H and O–H groups in total. The van der Waals surface area contributed by atoms with Gasteiger partial charge in [-0.25, -0.2) is 4.79 Å². The zero-order valence-electron chi connectivity index (χ0n) is 15.5. The van der Waals surface area contributed by atoms with Crippen LogP contribution in [0.4, 0.5) is 4.79 Å². The van der Waals surface area contributed by atoms with E-state index in [4.69, 9.17) is 0 Å². The molecule has 1 aliphatic rings. The number of aromatic nitrogens is 2. The van der Waals surface area contributed by atoms with E-state index >= 15 is 0 Å². The largest absolute Gasteiger partial charge is 0.335 e. The quantitative estimate of drug-likeness (QED) is 0.856. The molecule has 0 bridgehead atoms. The normalized spacial score (nSPS) is 16.0. The first kappa shape index (κ1) is 18.4. The molecule has 1 fully saturated rings. The number of hydrogen-bond acceptors (Lipinski definition) is 3. The van der Waals surface area contributed by atoms with Gasteiger partial charge in [0.25, 0.3) is 0 Å². The molecule has 2 heterocycles. The highest BCUT2D eigenvalue weighted by Crippen LogP contribution is 2.24. The van der Waals surface area contributed by atoms with E-state index in [1.807, 2.05) is 42.2 Å². The van der Waals surface area contributed by atoms with Crippen LogP contribution in [0.2, 0.25) is 0 Å². The van der Waals surface area contributed by atoms with Gasteiger partial charge in [-0.05, 0) is 49.6 Å². The standard InChI is InChI=1S/C21H28N4O/c1-17(15-19-7-5-6-12-23-19)24-21(26)25(20-8-3-2-4-9-20)16-18-10-13-22-14-11-18/h5-7,10-14,17,20H,2-4,8-9,15-16H2,1H3,(H,24,26)/t17-/m0/s1. The van der Waals surface area contributed by atoms with Crippen molar-refractivity contribution in [2.24, 2.45) is 0 Å². The zero-order chi connectivity index (χ0) is 18.2. The number of rotatable bonds is 6. The Morgan fingerprint density at radius 1 is 1.15 bits per heavy atom. The number of carbonyl (C=O) groups excluding carboxylic acids is 1. The summed E-state index contributed by atoms with van der Waals surface area (Å²) in [5.41, 5.74) is 2.12. The monoisotopic (exact) mass is 352 g/mol. The first-order valence-electron chi connectivity index (χ1n) is 9.58. The van der Waals surface area contributed by atoms with Gasteiger partial charge in [0.1, 0.15) is 0 Å². The van der Waals surface area contributed by atoms with Crippen LogP contribution in [0.3, 0.4) is 0 Å². The number of hydrogen-bond donors (Lipinski definition) is 1. The second-order valence-electron chi connectivity index (χ2n) is 7.15. The number of nitrogens with zero attached hydrogens (tertiary/aromatic N) is 3. The first-order valence-corrected chi connectivity index (χ1v) is 9.58. The Balaban J connectivity index is 1.65. The van der Waals surface area contributed by atoms with E-state index < -0.39 is 0 Å². The van der Waals surface area contributed by atoms with Crippen molar-refractivity contribution >= 4 is 6.03 Å². The van der Waals surface area contributed by atoms with Crippen LogP contribution in [0.15, 0.2) is 48.9 Å². The Morgan fingerprint density at radius 2 is 1.92 bits per heavy atom. The molecule has 0 radical (unpaired) electrons. The number of urea groups is 1. The highest BCUT2D eigenvalue weighted by atomic mass is 16.2. The van der Waals surface area contributed by atoms with Crippen molar-refractivity contribution in [1.29, 1.82) is 0 Å². The maximum Gasteiger partial charge on any atom is 0.318 e. The molecule has 2 aromatic rings. The van der Waals surface area contributed by atoms with Gasteiger partial charge in [0.15, 0.2) is 0 Å². The van der Waals surface area contributed by atoms with Gasteiger partial charge in [0.2, 0.25) is 0 Å². The van der Waals surface area contributed by atoms with Crippen LogP contribution in [0.1, 0.15) is 50.3 Å². The van der Waals surface area contributed by atoms with Crippen LogP contribution in [0, 0.1) is 0 Å². The summed E-state index contributed by atoms with van der Waals surface area (Å²) >= 11 is 0. The van der Waals surface area contributed by atoms with E-state index in [0.717, 1.165) is 30.5 Å². The third-order valence-electron chi connectivity index (χ3n) is 4.99. The van der Waals surface area contributed by atoms with E-state index in [1.54, 1.807) is 18.6 Å². The Hall–Kier alpha value is -2.43. The van der Waals surface area contributed by atoms with Crippen LogP contribution in [-0.4, -0.2) is 33.0 Å². The van der Waals surface area contributed by atoms with Gasteiger partial charge in [-0.15, -0.1) is 0 Å². The molecule has 1 aliphatic carbocycles. The van der Waals surface area contributed by atoms with E-state index in [-0.39, 0.29) is 12.1 Å². The smallest absolute Gasteiger partial charge is 0.318 e. The summed E-state index contributed by atoms with van der Waals surface area (Å²) < 4.78 is 0. The molecule has 0 unspecified atom stereocenters. The van der Waals surface area contributed by atoms with E-state index in [2.05, 4.69) is 15.3 Å². The maximum absolute atomic E-state index is 13.0. The lowest BCUT2D eigenvalue weighted by atomic mass is 9.94. The Labute approximate surface area is 155 Å². The van der Waals surface area contributed by atoms with Crippen molar-refractivity contribution in [3.05, 3.63) is 60.2 Å². The van der Waals surface area contributed by atoms with Gasteiger partial charge in [-0.2, -0.15) is 0 Å². The van der Waals surface area contributed by atoms with Gasteiger partial charge in [-0.3, -0.25) is 9.97 Å². The molecular weight excluding hydrogens is 324 g/mol. The molecule has 2 aromatic heterocycles. The number of pyridine rings is 2. The van der Waals surface area contributed by atoms with Crippen LogP contribution < -0.4 is 5.32 Å². The molecule has 3 rings (SSSR count). The molecule has 26 heavy (non-hydrogen) atoms. The predicted molar refractivity (Wildman–Crippen MR) is 103 cm³/mol. The predicted octanol–water partition coefficient (Wildman–Crippen LogP) is 3.95. The molecule has 0 saturated heterocycles. The summed E-state index contributed by atoms with van der Waals surface area (Å²) in [4.78, 5) is 23.5. The second-order valence-corrected chi connectivity index (χ2v) is 7.15. The third-order valence-corrected chi connectivity index (χ3v) is 4.99. The van der Waals surface area contributed by atoms with Crippen molar-refractivity contribution in [2.75, 3.05) is 0 Å². The summed E-state index contributed by atoms with van der Waals surface area (Å²) in [6.07, 6.45) is 12.0. The summed E-state index contributed by atoms with van der Waals surface area (Å²) in [7, 11) is 0. The Kier molecular flexibility index (Phi) is 6.58. The molecule has 1 saturated carbocycles. The highest BCUT2D eigenvalue weighted by molar-refractivity contribution is 5.75. The summed E-state index contributed by atoms with van der Waals surface area (Å²) in [6.45, 7) is 2.67. The molecular formula is C21H28N4O. The molecule has 5 heteroatoms. The third kappa shape index (κ3) is 5.28. The Bertz CT molecular complexity index is 671. The van der Waals surface area contributed by atoms with Crippen molar-refractivity contribution in [3.63, 3.8) is 0 Å². The molecule has 2 amide bonds. The summed E-state index contributed by atoms with van der Waals surface area (Å²) in [6, 6.07) is 10.2. The number of nitrogens with one attached hydrogen (secondary N) is 1. The van der Waals surface area contributed by atoms with Crippen molar-refractivity contribution in [2.45, 2.75) is 64.1 Å². The van der Waals surface area contributed by atoms with Gasteiger partial charge >= 0.3 is 6.03 Å². The summed E-state index contributed by atoms with van der Waals surface area (Å²) in [5, 5.41) is 3.18. The van der Waals surface area contributed by atoms with Crippen molar-refractivity contribution in [1.82, 2.24) is 20.2 Å². The first-order chi connectivity index (χ1) is 12.7. The zero-order valence-corrected chi connectivity index (χ0v) is 15.5. The van der Waals surface area contributed by atoms with Gasteiger partial charge in [-0.1, -0.05) is 25.3 Å². The molecule has 0 aliphatic heterocycles.